The van der Waals surface area contributed by atoms with Crippen molar-refractivity contribution in [1.82, 2.24) is 0 Å². The maximum Gasteiger partial charge on any atom is 0.138 e. The summed E-state index contributed by atoms with van der Waals surface area (Å²) >= 11 is 0. The number of aryl methyl sites for hydroxylation is 2. The van der Waals surface area contributed by atoms with Gasteiger partial charge in [-0.2, -0.15) is 0 Å². The van der Waals surface area contributed by atoms with E-state index in [4.69, 9.17) is 0 Å². The van der Waals surface area contributed by atoms with Crippen LogP contribution in [0, 0.1) is 6.92 Å². The Labute approximate surface area is 169 Å². The quantitative estimate of drug-likeness (QED) is 0.431. The predicted octanol–water partition coefficient (Wildman–Crippen LogP) is 0.359. The zero-order valence-corrected chi connectivity index (χ0v) is 16.5. The highest BCUT2D eigenvalue weighted by Gasteiger charge is 2.93. The molecule has 0 radical (unpaired) electrons. The number of aliphatic hydroxyl groups is 6. The Balaban J connectivity index is 1.82. The third-order valence-electron chi connectivity index (χ3n) is 7.16. The molecule has 0 amide bonds. The van der Waals surface area contributed by atoms with Gasteiger partial charge in [0.1, 0.15) is 22.9 Å². The Kier molecular flexibility index (Phi) is 4.66. The molecule has 0 heterocycles. The third kappa shape index (κ3) is 2.27. The molecule has 0 bridgehead atoms. The van der Waals surface area contributed by atoms with Gasteiger partial charge in [-0.3, -0.25) is 0 Å². The maximum atomic E-state index is 11.5. The monoisotopic (exact) mass is 400 g/mol. The van der Waals surface area contributed by atoms with Crippen LogP contribution in [0.4, 0.5) is 0 Å². The molecule has 156 valence electrons. The predicted molar refractivity (Wildman–Crippen MR) is 106 cm³/mol. The summed E-state index contributed by atoms with van der Waals surface area (Å²) in [4.78, 5) is 0. The molecule has 0 saturated heterocycles. The van der Waals surface area contributed by atoms with Crippen LogP contribution in [-0.4, -0.2) is 66.3 Å². The van der Waals surface area contributed by atoms with Crippen molar-refractivity contribution in [3.8, 4) is 0 Å². The van der Waals surface area contributed by atoms with Crippen molar-refractivity contribution < 1.29 is 30.6 Å². The molecule has 2 aliphatic carbocycles. The lowest BCUT2D eigenvalue weighted by Crippen LogP contribution is -2.99. The van der Waals surface area contributed by atoms with Gasteiger partial charge in [-0.25, -0.2) is 0 Å². The molecule has 6 N–H and O–H groups in total. The molecule has 2 saturated carbocycles. The lowest BCUT2D eigenvalue weighted by atomic mass is 9.30. The smallest absolute Gasteiger partial charge is 0.138 e. The van der Waals surface area contributed by atoms with Crippen LogP contribution in [0.3, 0.4) is 0 Å². The molecule has 4 rings (SSSR count). The molecule has 29 heavy (non-hydrogen) atoms. The van der Waals surface area contributed by atoms with Gasteiger partial charge in [-0.05, 0) is 30.0 Å². The van der Waals surface area contributed by atoms with Gasteiger partial charge >= 0.3 is 0 Å². The highest BCUT2D eigenvalue weighted by Crippen LogP contribution is 2.75. The first kappa shape index (κ1) is 20.5. The molecule has 2 fully saturated rings. The molecular weight excluding hydrogens is 372 g/mol. The SMILES string of the molecule is CCc1ccc(C2C(O)[C@@]3(O)C(c4ccc(C)cc4)[C@@](O)([C@H](O)CO)[C@@]23O)cc1. The fourth-order valence-corrected chi connectivity index (χ4v) is 5.54. The minimum atomic E-state index is -2.24. The summed E-state index contributed by atoms with van der Waals surface area (Å²) in [6, 6.07) is 14.2. The van der Waals surface area contributed by atoms with Gasteiger partial charge in [0.05, 0.1) is 18.6 Å². The number of aliphatic hydroxyl groups excluding tert-OH is 3. The van der Waals surface area contributed by atoms with Crippen LogP contribution in [0.25, 0.3) is 0 Å². The van der Waals surface area contributed by atoms with Crippen LogP contribution >= 0.6 is 0 Å². The zero-order valence-electron chi connectivity index (χ0n) is 16.5. The van der Waals surface area contributed by atoms with Gasteiger partial charge in [0.25, 0.3) is 0 Å². The Morgan fingerprint density at radius 1 is 0.931 bits per heavy atom. The molecule has 6 nitrogen and oxygen atoms in total. The number of hydrogen-bond donors (Lipinski definition) is 6. The first-order valence-corrected chi connectivity index (χ1v) is 9.97. The Bertz CT molecular complexity index is 897. The van der Waals surface area contributed by atoms with Gasteiger partial charge in [-0.15, -0.1) is 0 Å². The molecule has 0 aliphatic heterocycles. The van der Waals surface area contributed by atoms with Crippen LogP contribution < -0.4 is 0 Å². The summed E-state index contributed by atoms with van der Waals surface area (Å²) in [6.45, 7) is 3.10. The molecular formula is C23H28O6. The van der Waals surface area contributed by atoms with E-state index in [1.165, 1.54) is 0 Å². The third-order valence-corrected chi connectivity index (χ3v) is 7.16. The van der Waals surface area contributed by atoms with Crippen molar-refractivity contribution in [2.24, 2.45) is 0 Å². The number of hydrogen-bond acceptors (Lipinski definition) is 6. The molecule has 6 heteroatoms. The first-order chi connectivity index (χ1) is 13.7. The van der Waals surface area contributed by atoms with Crippen LogP contribution in [0.1, 0.15) is 41.0 Å². The summed E-state index contributed by atoms with van der Waals surface area (Å²) < 4.78 is 0. The van der Waals surface area contributed by atoms with E-state index in [-0.39, 0.29) is 0 Å². The average molecular weight is 400 g/mol. The largest absolute Gasteiger partial charge is 0.394 e. The van der Waals surface area contributed by atoms with Crippen molar-refractivity contribution in [2.75, 3.05) is 6.61 Å². The van der Waals surface area contributed by atoms with Gasteiger partial charge in [-0.1, -0.05) is 61.0 Å². The Morgan fingerprint density at radius 3 is 2.00 bits per heavy atom. The molecule has 3 unspecified atom stereocenters. The summed E-state index contributed by atoms with van der Waals surface area (Å²) in [5.41, 5.74) is -3.46. The fraction of sp³-hybridized carbons (Fsp3) is 0.478. The normalized spacial score (nSPS) is 39.2. The van der Waals surface area contributed by atoms with E-state index in [0.29, 0.717) is 11.1 Å². The second-order valence-corrected chi connectivity index (χ2v) is 8.48. The Hall–Kier alpha value is -1.80. The number of benzene rings is 2. The second-order valence-electron chi connectivity index (χ2n) is 8.48. The van der Waals surface area contributed by atoms with Gasteiger partial charge in [0, 0.05) is 5.92 Å². The van der Waals surface area contributed by atoms with Crippen molar-refractivity contribution in [2.45, 2.75) is 61.1 Å². The van der Waals surface area contributed by atoms with Gasteiger partial charge in [0.15, 0.2) is 0 Å². The average Bonchev–Trinajstić information content (AvgIpc) is 2.74. The molecule has 7 atom stereocenters. The van der Waals surface area contributed by atoms with Crippen LogP contribution in [-0.2, 0) is 6.42 Å². The van der Waals surface area contributed by atoms with E-state index >= 15 is 0 Å². The van der Waals surface area contributed by atoms with Crippen LogP contribution in [0.15, 0.2) is 48.5 Å². The van der Waals surface area contributed by atoms with Crippen molar-refractivity contribution in [3.05, 3.63) is 70.8 Å². The van der Waals surface area contributed by atoms with Gasteiger partial charge < -0.3 is 30.6 Å². The van der Waals surface area contributed by atoms with Crippen LogP contribution in [0.2, 0.25) is 0 Å². The number of rotatable bonds is 5. The van der Waals surface area contributed by atoms with E-state index in [0.717, 1.165) is 17.5 Å². The van der Waals surface area contributed by atoms with Crippen molar-refractivity contribution >= 4 is 0 Å². The molecule has 0 aromatic heterocycles. The minimum absolute atomic E-state index is 0.469. The van der Waals surface area contributed by atoms with Crippen molar-refractivity contribution in [3.63, 3.8) is 0 Å². The van der Waals surface area contributed by atoms with E-state index < -0.39 is 47.5 Å². The number of fused-ring (bicyclic) bond motifs is 1. The highest BCUT2D eigenvalue weighted by atomic mass is 16.5. The van der Waals surface area contributed by atoms with E-state index in [1.807, 2.05) is 26.0 Å². The summed E-state index contributed by atoms with van der Waals surface area (Å²) in [6.07, 6.45) is -2.23. The van der Waals surface area contributed by atoms with E-state index in [1.54, 1.807) is 36.4 Å². The fourth-order valence-electron chi connectivity index (χ4n) is 5.54. The lowest BCUT2D eigenvalue weighted by Gasteiger charge is -2.80. The molecule has 2 aromatic rings. The topological polar surface area (TPSA) is 121 Å². The highest BCUT2D eigenvalue weighted by molar-refractivity contribution is 5.55. The van der Waals surface area contributed by atoms with Gasteiger partial charge in [0.2, 0.25) is 0 Å². The second kappa shape index (κ2) is 6.60. The standard InChI is InChI=1S/C23H28O6/c1-3-14-6-10-15(11-7-14)18-20(26)22(28)19(16-8-4-13(2)5-9-16)21(27,17(25)12-24)23(18,22)29/h4-11,17-20,24-29H,3,12H2,1-2H3/t17-,18?,19?,20?,21+,22+,23+/m1/s1. The lowest BCUT2D eigenvalue weighted by molar-refractivity contribution is -0.459. The van der Waals surface area contributed by atoms with E-state index in [2.05, 4.69) is 0 Å². The molecule has 2 aliphatic rings. The van der Waals surface area contributed by atoms with E-state index in [9.17, 15) is 30.6 Å². The molecule has 0 spiro atoms. The minimum Gasteiger partial charge on any atom is -0.394 e. The van der Waals surface area contributed by atoms with Crippen molar-refractivity contribution in [1.29, 1.82) is 0 Å². The first-order valence-electron chi connectivity index (χ1n) is 9.97. The van der Waals surface area contributed by atoms with Crippen LogP contribution in [0.5, 0.6) is 0 Å². The summed E-state index contributed by atoms with van der Waals surface area (Å²) in [5.74, 6) is -2.17. The molecule has 2 aromatic carbocycles. The Morgan fingerprint density at radius 2 is 1.48 bits per heavy atom. The summed E-state index contributed by atoms with van der Waals surface area (Å²) in [7, 11) is 0. The zero-order chi connectivity index (χ0) is 21.2. The maximum absolute atomic E-state index is 11.5. The summed E-state index contributed by atoms with van der Waals surface area (Å²) in [5, 5.41) is 65.4.